The number of nitrogens with two attached hydrogens (primary N) is 1. The van der Waals surface area contributed by atoms with Gasteiger partial charge in [-0.25, -0.2) is 8.42 Å². The molecule has 0 saturated heterocycles. The second-order valence-electron chi connectivity index (χ2n) is 6.15. The summed E-state index contributed by atoms with van der Waals surface area (Å²) in [5, 5.41) is 0. The molecule has 2 N–H and O–H groups in total. The summed E-state index contributed by atoms with van der Waals surface area (Å²) in [6.07, 6.45) is 4.12. The molecule has 21 heavy (non-hydrogen) atoms. The van der Waals surface area contributed by atoms with Crippen LogP contribution in [0.3, 0.4) is 0 Å². The summed E-state index contributed by atoms with van der Waals surface area (Å²) in [5.74, 6) is 0.547. The molecule has 1 aromatic rings. The summed E-state index contributed by atoms with van der Waals surface area (Å²) in [5.41, 5.74) is 6.63. The van der Waals surface area contributed by atoms with E-state index in [4.69, 9.17) is 5.73 Å². The van der Waals surface area contributed by atoms with E-state index in [0.29, 0.717) is 23.9 Å². The topological polar surface area (TPSA) is 63.4 Å². The van der Waals surface area contributed by atoms with Crippen molar-refractivity contribution < 1.29 is 8.42 Å². The van der Waals surface area contributed by atoms with Crippen molar-refractivity contribution in [2.24, 2.45) is 11.7 Å². The van der Waals surface area contributed by atoms with Gasteiger partial charge in [-0.1, -0.05) is 12.1 Å². The zero-order valence-electron chi connectivity index (χ0n) is 13.0. The smallest absolute Gasteiger partial charge is 0.243 e. The molecule has 0 aromatic heterocycles. The van der Waals surface area contributed by atoms with Gasteiger partial charge in [0.05, 0.1) is 4.90 Å². The zero-order valence-corrected chi connectivity index (χ0v) is 13.8. The highest BCUT2D eigenvalue weighted by Crippen LogP contribution is 2.32. The van der Waals surface area contributed by atoms with Gasteiger partial charge in [0.2, 0.25) is 10.0 Å². The second kappa shape index (κ2) is 6.90. The molecule has 0 amide bonds. The maximum Gasteiger partial charge on any atom is 0.243 e. The van der Waals surface area contributed by atoms with Crippen molar-refractivity contribution >= 4 is 10.0 Å². The van der Waals surface area contributed by atoms with Crippen molar-refractivity contribution in [2.45, 2.75) is 50.5 Å². The van der Waals surface area contributed by atoms with E-state index in [9.17, 15) is 8.42 Å². The minimum Gasteiger partial charge on any atom is -0.330 e. The largest absolute Gasteiger partial charge is 0.330 e. The lowest BCUT2D eigenvalue weighted by atomic mass is 10.1. The Morgan fingerprint density at radius 2 is 1.86 bits per heavy atom. The van der Waals surface area contributed by atoms with Crippen LogP contribution >= 0.6 is 0 Å². The molecule has 0 unspecified atom stereocenters. The fraction of sp³-hybridized carbons (Fsp3) is 0.625. The molecule has 0 bridgehead atoms. The van der Waals surface area contributed by atoms with E-state index >= 15 is 0 Å². The molecular weight excluding hydrogens is 284 g/mol. The molecule has 1 aliphatic rings. The standard InChI is InChI=1S/C16H26N2O2S/c1-13(2)18(12-15-5-6-15)21(19,20)16-9-7-14(8-10-16)4-3-11-17/h7-10,13,15H,3-6,11-12,17H2,1-2H3. The first kappa shape index (κ1) is 16.5. The molecule has 0 spiro atoms. The number of hydrogen-bond acceptors (Lipinski definition) is 3. The molecule has 0 radical (unpaired) electrons. The monoisotopic (exact) mass is 310 g/mol. The Balaban J connectivity index is 2.16. The van der Waals surface area contributed by atoms with Crippen molar-refractivity contribution in [2.75, 3.05) is 13.1 Å². The Bertz CT molecular complexity index is 548. The molecule has 118 valence electrons. The van der Waals surface area contributed by atoms with E-state index in [1.165, 1.54) is 0 Å². The number of hydrogen-bond donors (Lipinski definition) is 1. The number of rotatable bonds is 8. The van der Waals surface area contributed by atoms with Crippen molar-refractivity contribution in [3.8, 4) is 0 Å². The van der Waals surface area contributed by atoms with Gasteiger partial charge in [-0.3, -0.25) is 0 Å². The van der Waals surface area contributed by atoms with Gasteiger partial charge in [-0.15, -0.1) is 0 Å². The highest BCUT2D eigenvalue weighted by atomic mass is 32.2. The Morgan fingerprint density at radius 3 is 2.33 bits per heavy atom. The Hall–Kier alpha value is -0.910. The minimum atomic E-state index is -3.38. The number of aryl methyl sites for hydroxylation is 1. The van der Waals surface area contributed by atoms with Gasteiger partial charge < -0.3 is 5.73 Å². The minimum absolute atomic E-state index is 0.00693. The Labute approximate surface area is 128 Å². The van der Waals surface area contributed by atoms with Crippen LogP contribution in [0.1, 0.15) is 38.7 Å². The van der Waals surface area contributed by atoms with Crippen LogP contribution in [0.15, 0.2) is 29.2 Å². The van der Waals surface area contributed by atoms with E-state index in [-0.39, 0.29) is 6.04 Å². The third kappa shape index (κ3) is 4.28. The first-order valence-electron chi connectivity index (χ1n) is 7.76. The van der Waals surface area contributed by atoms with E-state index in [2.05, 4.69) is 0 Å². The second-order valence-corrected chi connectivity index (χ2v) is 8.04. The first-order valence-corrected chi connectivity index (χ1v) is 9.20. The van der Waals surface area contributed by atoms with E-state index in [1.807, 2.05) is 26.0 Å². The molecule has 5 heteroatoms. The molecule has 1 fully saturated rings. The van der Waals surface area contributed by atoms with Crippen LogP contribution in [-0.4, -0.2) is 31.9 Å². The number of sulfonamides is 1. The normalized spacial score (nSPS) is 15.9. The van der Waals surface area contributed by atoms with Crippen LogP contribution in [0, 0.1) is 5.92 Å². The summed E-state index contributed by atoms with van der Waals surface area (Å²) in [6.45, 7) is 5.18. The number of nitrogens with zero attached hydrogens (tertiary/aromatic N) is 1. The highest BCUT2D eigenvalue weighted by Gasteiger charge is 2.33. The summed E-state index contributed by atoms with van der Waals surface area (Å²) in [7, 11) is -3.38. The van der Waals surface area contributed by atoms with Crippen molar-refractivity contribution in [1.29, 1.82) is 0 Å². The van der Waals surface area contributed by atoms with Crippen molar-refractivity contribution in [3.63, 3.8) is 0 Å². The predicted molar refractivity (Wildman–Crippen MR) is 85.6 cm³/mol. The lowest BCUT2D eigenvalue weighted by molar-refractivity contribution is 0.341. The van der Waals surface area contributed by atoms with Gasteiger partial charge in [-0.05, 0) is 69.7 Å². The molecule has 0 aliphatic heterocycles. The van der Waals surface area contributed by atoms with E-state index in [1.54, 1.807) is 16.4 Å². The van der Waals surface area contributed by atoms with Crippen molar-refractivity contribution in [1.82, 2.24) is 4.31 Å². The predicted octanol–water partition coefficient (Wildman–Crippen LogP) is 2.39. The van der Waals surface area contributed by atoms with Crippen LogP contribution in [0.25, 0.3) is 0 Å². The van der Waals surface area contributed by atoms with Crippen LogP contribution < -0.4 is 5.73 Å². The fourth-order valence-corrected chi connectivity index (χ4v) is 4.12. The third-order valence-corrected chi connectivity index (χ3v) is 5.97. The quantitative estimate of drug-likeness (QED) is 0.802. The molecule has 0 atom stereocenters. The Kier molecular flexibility index (Phi) is 5.41. The lowest BCUT2D eigenvalue weighted by Gasteiger charge is -2.26. The SMILES string of the molecule is CC(C)N(CC1CC1)S(=O)(=O)c1ccc(CCCN)cc1. The maximum absolute atomic E-state index is 12.8. The summed E-state index contributed by atoms with van der Waals surface area (Å²) in [6, 6.07) is 7.25. The molecule has 1 aliphatic carbocycles. The number of benzene rings is 1. The van der Waals surface area contributed by atoms with Crippen molar-refractivity contribution in [3.05, 3.63) is 29.8 Å². The molecule has 0 heterocycles. The summed E-state index contributed by atoms with van der Waals surface area (Å²) >= 11 is 0. The maximum atomic E-state index is 12.8. The molecular formula is C16H26N2O2S. The fourth-order valence-electron chi connectivity index (χ4n) is 2.41. The highest BCUT2D eigenvalue weighted by molar-refractivity contribution is 7.89. The third-order valence-electron chi connectivity index (χ3n) is 3.91. The average Bonchev–Trinajstić information content (AvgIpc) is 3.26. The summed E-state index contributed by atoms with van der Waals surface area (Å²) < 4.78 is 27.2. The zero-order chi connectivity index (χ0) is 15.5. The average molecular weight is 310 g/mol. The van der Waals surface area contributed by atoms with Gasteiger partial charge in [0.15, 0.2) is 0 Å². The molecule has 4 nitrogen and oxygen atoms in total. The van der Waals surface area contributed by atoms with Gasteiger partial charge in [0.25, 0.3) is 0 Å². The molecule has 1 aromatic carbocycles. The van der Waals surface area contributed by atoms with Crippen LogP contribution in [0.5, 0.6) is 0 Å². The van der Waals surface area contributed by atoms with Gasteiger partial charge in [0.1, 0.15) is 0 Å². The van der Waals surface area contributed by atoms with Crippen LogP contribution in [-0.2, 0) is 16.4 Å². The van der Waals surface area contributed by atoms with Crippen LogP contribution in [0.4, 0.5) is 0 Å². The van der Waals surface area contributed by atoms with Gasteiger partial charge in [0, 0.05) is 12.6 Å². The molecule has 2 rings (SSSR count). The van der Waals surface area contributed by atoms with Crippen LogP contribution in [0.2, 0.25) is 0 Å². The van der Waals surface area contributed by atoms with Gasteiger partial charge in [-0.2, -0.15) is 4.31 Å². The van der Waals surface area contributed by atoms with Gasteiger partial charge >= 0.3 is 0 Å². The molecule has 1 saturated carbocycles. The van der Waals surface area contributed by atoms with E-state index < -0.39 is 10.0 Å². The summed E-state index contributed by atoms with van der Waals surface area (Å²) in [4.78, 5) is 0.397. The van der Waals surface area contributed by atoms with E-state index in [0.717, 1.165) is 31.2 Å². The lowest BCUT2D eigenvalue weighted by Crippen LogP contribution is -2.38. The Morgan fingerprint density at radius 1 is 1.24 bits per heavy atom. The first-order chi connectivity index (χ1) is 9.95.